The lowest BCUT2D eigenvalue weighted by molar-refractivity contribution is 0.0982. The molecule has 0 aliphatic heterocycles. The molecule has 0 heterocycles. The van der Waals surface area contributed by atoms with Crippen molar-refractivity contribution in [2.75, 3.05) is 0 Å². The average molecular weight is 332 g/mol. The summed E-state index contributed by atoms with van der Waals surface area (Å²) >= 11 is 6.73. The number of carbonyl (C=O) groups is 1. The van der Waals surface area contributed by atoms with Crippen LogP contribution in [0.4, 0.5) is 0 Å². The maximum Gasteiger partial charge on any atom is 0.164 e. The van der Waals surface area contributed by atoms with E-state index in [-0.39, 0.29) is 5.78 Å². The van der Waals surface area contributed by atoms with Crippen LogP contribution in [0.3, 0.4) is 0 Å². The summed E-state index contributed by atoms with van der Waals surface area (Å²) in [6, 6.07) is 5.61. The van der Waals surface area contributed by atoms with Gasteiger partial charge >= 0.3 is 0 Å². The molecule has 0 spiro atoms. The second kappa shape index (κ2) is 5.61. The van der Waals surface area contributed by atoms with Crippen molar-refractivity contribution in [2.24, 2.45) is 0 Å². The van der Waals surface area contributed by atoms with Crippen molar-refractivity contribution in [3.05, 3.63) is 44.9 Å². The Balaban J connectivity index is 2.81. The van der Waals surface area contributed by atoms with Gasteiger partial charge in [-0.1, -0.05) is 37.4 Å². The molecule has 1 aromatic carbocycles. The van der Waals surface area contributed by atoms with E-state index >= 15 is 0 Å². The Labute approximate surface area is 107 Å². The summed E-state index contributed by atoms with van der Waals surface area (Å²) in [6.45, 7) is 5.72. The minimum atomic E-state index is 0.145. The number of benzene rings is 1. The van der Waals surface area contributed by atoms with Gasteiger partial charge in [-0.2, -0.15) is 0 Å². The van der Waals surface area contributed by atoms with Crippen LogP contribution >= 0.6 is 31.9 Å². The summed E-state index contributed by atoms with van der Waals surface area (Å²) in [5.74, 6) is 0.145. The number of Topliss-reactive ketones (excluding diaryl/α,β-unsaturated/α-hetero) is 1. The number of carbonyl (C=O) groups excluding carboxylic acids is 1. The van der Waals surface area contributed by atoms with Gasteiger partial charge in [0.25, 0.3) is 0 Å². The van der Waals surface area contributed by atoms with Gasteiger partial charge in [0.05, 0.1) is 0 Å². The molecule has 15 heavy (non-hydrogen) atoms. The number of halogens is 2. The number of ketones is 1. The van der Waals surface area contributed by atoms with Crippen molar-refractivity contribution in [1.82, 2.24) is 0 Å². The number of rotatable bonds is 4. The van der Waals surface area contributed by atoms with Gasteiger partial charge in [0, 0.05) is 20.9 Å². The molecule has 0 aromatic heterocycles. The molecule has 0 saturated heterocycles. The molecule has 1 nitrogen and oxygen atoms in total. The van der Waals surface area contributed by atoms with Crippen LogP contribution in [0, 0.1) is 0 Å². The first kappa shape index (κ1) is 12.7. The fourth-order valence-corrected chi connectivity index (χ4v) is 2.00. The zero-order chi connectivity index (χ0) is 11.4. The van der Waals surface area contributed by atoms with E-state index in [0.717, 1.165) is 26.5 Å². The van der Waals surface area contributed by atoms with Crippen molar-refractivity contribution in [2.45, 2.75) is 19.8 Å². The molecule has 0 bridgehead atoms. The third-order valence-corrected chi connectivity index (χ3v) is 3.19. The molecule has 0 aliphatic carbocycles. The third kappa shape index (κ3) is 3.92. The number of hydrogen-bond donors (Lipinski definition) is 0. The molecular weight excluding hydrogens is 320 g/mol. The summed E-state index contributed by atoms with van der Waals surface area (Å²) in [6.07, 6.45) is 1.27. The first-order valence-electron chi connectivity index (χ1n) is 4.63. The first-order chi connectivity index (χ1) is 7.00. The normalized spacial score (nSPS) is 10.1. The standard InChI is InChI=1S/C12H12Br2O/c1-8(2)3-6-12(15)10-7-9(13)4-5-11(10)14/h4-5,7H,1,3,6H2,2H3. The van der Waals surface area contributed by atoms with Crippen LogP contribution in [0.1, 0.15) is 30.1 Å². The summed E-state index contributed by atoms with van der Waals surface area (Å²) in [5, 5.41) is 0. The van der Waals surface area contributed by atoms with E-state index in [9.17, 15) is 4.79 Å². The molecule has 0 fully saturated rings. The predicted octanol–water partition coefficient (Wildman–Crippen LogP) is 4.75. The Morgan fingerprint density at radius 1 is 1.33 bits per heavy atom. The van der Waals surface area contributed by atoms with Crippen LogP contribution in [-0.4, -0.2) is 5.78 Å². The van der Waals surface area contributed by atoms with Gasteiger partial charge in [-0.15, -0.1) is 6.58 Å². The SMILES string of the molecule is C=C(C)CCC(=O)c1cc(Br)ccc1Br. The fourth-order valence-electron chi connectivity index (χ4n) is 1.17. The van der Waals surface area contributed by atoms with Gasteiger partial charge in [0.15, 0.2) is 5.78 Å². The van der Waals surface area contributed by atoms with Crippen LogP contribution in [0.2, 0.25) is 0 Å². The highest BCUT2D eigenvalue weighted by molar-refractivity contribution is 9.11. The van der Waals surface area contributed by atoms with Gasteiger partial charge in [0.1, 0.15) is 0 Å². The zero-order valence-electron chi connectivity index (χ0n) is 8.52. The smallest absolute Gasteiger partial charge is 0.164 e. The Bertz CT molecular complexity index is 397. The lowest BCUT2D eigenvalue weighted by Crippen LogP contribution is -2.00. The Kier molecular flexibility index (Phi) is 4.74. The maximum absolute atomic E-state index is 11.8. The van der Waals surface area contributed by atoms with Gasteiger partial charge in [-0.3, -0.25) is 4.79 Å². The Hall–Kier alpha value is -0.410. The van der Waals surface area contributed by atoms with E-state index in [0.29, 0.717) is 6.42 Å². The van der Waals surface area contributed by atoms with E-state index in [1.807, 2.05) is 25.1 Å². The van der Waals surface area contributed by atoms with Crippen LogP contribution < -0.4 is 0 Å². The fraction of sp³-hybridized carbons (Fsp3) is 0.250. The van der Waals surface area contributed by atoms with Crippen molar-refractivity contribution in [3.8, 4) is 0 Å². The molecule has 3 heteroatoms. The molecule has 0 unspecified atom stereocenters. The van der Waals surface area contributed by atoms with E-state index in [1.165, 1.54) is 0 Å². The highest BCUT2D eigenvalue weighted by atomic mass is 79.9. The lowest BCUT2D eigenvalue weighted by atomic mass is 10.0. The Morgan fingerprint density at radius 3 is 2.60 bits per heavy atom. The minimum absolute atomic E-state index is 0.145. The van der Waals surface area contributed by atoms with Crippen molar-refractivity contribution in [1.29, 1.82) is 0 Å². The summed E-state index contributed by atoms with van der Waals surface area (Å²) in [4.78, 5) is 11.8. The zero-order valence-corrected chi connectivity index (χ0v) is 11.7. The van der Waals surface area contributed by atoms with Crippen LogP contribution in [0.5, 0.6) is 0 Å². The molecule has 80 valence electrons. The van der Waals surface area contributed by atoms with Crippen LogP contribution in [-0.2, 0) is 0 Å². The number of hydrogen-bond acceptors (Lipinski definition) is 1. The monoisotopic (exact) mass is 330 g/mol. The largest absolute Gasteiger partial charge is 0.294 e. The second-order valence-corrected chi connectivity index (χ2v) is 5.27. The molecule has 0 amide bonds. The van der Waals surface area contributed by atoms with Gasteiger partial charge < -0.3 is 0 Å². The molecule has 1 rings (SSSR count). The van der Waals surface area contributed by atoms with Crippen molar-refractivity contribution < 1.29 is 4.79 Å². The van der Waals surface area contributed by atoms with E-state index < -0.39 is 0 Å². The topological polar surface area (TPSA) is 17.1 Å². The first-order valence-corrected chi connectivity index (χ1v) is 6.22. The highest BCUT2D eigenvalue weighted by Gasteiger charge is 2.10. The summed E-state index contributed by atoms with van der Waals surface area (Å²) in [7, 11) is 0. The van der Waals surface area contributed by atoms with Crippen LogP contribution in [0.15, 0.2) is 39.3 Å². The van der Waals surface area contributed by atoms with E-state index in [2.05, 4.69) is 38.4 Å². The summed E-state index contributed by atoms with van der Waals surface area (Å²) < 4.78 is 1.77. The molecule has 1 aromatic rings. The molecule has 0 saturated carbocycles. The van der Waals surface area contributed by atoms with Gasteiger partial charge in [0.2, 0.25) is 0 Å². The molecular formula is C12H12Br2O. The third-order valence-electron chi connectivity index (χ3n) is 2.01. The number of allylic oxidation sites excluding steroid dienone is 1. The molecule has 0 atom stereocenters. The average Bonchev–Trinajstić information content (AvgIpc) is 2.18. The molecule has 0 aliphatic rings. The molecule has 0 radical (unpaired) electrons. The lowest BCUT2D eigenvalue weighted by Gasteiger charge is -2.04. The van der Waals surface area contributed by atoms with Gasteiger partial charge in [-0.05, 0) is 31.5 Å². The maximum atomic E-state index is 11.8. The van der Waals surface area contributed by atoms with E-state index in [4.69, 9.17) is 0 Å². The second-order valence-electron chi connectivity index (χ2n) is 3.50. The van der Waals surface area contributed by atoms with Crippen LogP contribution in [0.25, 0.3) is 0 Å². The Morgan fingerprint density at radius 2 is 2.00 bits per heavy atom. The summed E-state index contributed by atoms with van der Waals surface area (Å²) in [5.41, 5.74) is 1.76. The molecule has 0 N–H and O–H groups in total. The minimum Gasteiger partial charge on any atom is -0.294 e. The van der Waals surface area contributed by atoms with Crippen molar-refractivity contribution in [3.63, 3.8) is 0 Å². The predicted molar refractivity (Wildman–Crippen MR) is 70.2 cm³/mol. The quantitative estimate of drug-likeness (QED) is 0.574. The van der Waals surface area contributed by atoms with E-state index in [1.54, 1.807) is 0 Å². The van der Waals surface area contributed by atoms with Crippen molar-refractivity contribution >= 4 is 37.6 Å². The van der Waals surface area contributed by atoms with Gasteiger partial charge in [-0.25, -0.2) is 0 Å². The highest BCUT2D eigenvalue weighted by Crippen LogP contribution is 2.23.